The molecular formula is C17H18ClN3O3. The van der Waals surface area contributed by atoms with Crippen LogP contribution in [-0.2, 0) is 9.53 Å². The second-order valence-corrected chi connectivity index (χ2v) is 6.96. The Bertz CT molecular complexity index is 778. The van der Waals surface area contributed by atoms with E-state index in [-0.39, 0.29) is 11.9 Å². The van der Waals surface area contributed by atoms with Crippen LogP contribution >= 0.6 is 11.6 Å². The maximum absolute atomic E-state index is 12.3. The third kappa shape index (κ3) is 2.36. The third-order valence-electron chi connectivity index (χ3n) is 5.23. The monoisotopic (exact) mass is 347 g/mol. The lowest BCUT2D eigenvalue weighted by molar-refractivity contribution is -0.152. The smallest absolute Gasteiger partial charge is 0.324 e. The van der Waals surface area contributed by atoms with E-state index in [1.165, 1.54) is 7.11 Å². The van der Waals surface area contributed by atoms with Crippen LogP contribution in [-0.4, -0.2) is 36.3 Å². The lowest BCUT2D eigenvalue weighted by Crippen LogP contribution is -2.37. The molecule has 2 unspecified atom stereocenters. The van der Waals surface area contributed by atoms with Crippen LogP contribution in [0.3, 0.4) is 0 Å². The van der Waals surface area contributed by atoms with Gasteiger partial charge in [-0.2, -0.15) is 4.98 Å². The Hall–Kier alpha value is -2.08. The summed E-state index contributed by atoms with van der Waals surface area (Å²) < 4.78 is 10.5. The highest BCUT2D eigenvalue weighted by Gasteiger charge is 2.56. The van der Waals surface area contributed by atoms with Gasteiger partial charge >= 0.3 is 12.0 Å². The number of halogens is 1. The molecule has 7 heteroatoms. The summed E-state index contributed by atoms with van der Waals surface area (Å²) in [6.45, 7) is 1.31. The van der Waals surface area contributed by atoms with Crippen molar-refractivity contribution in [2.45, 2.75) is 19.3 Å². The Morgan fingerprint density at radius 2 is 2.38 bits per heavy atom. The number of ether oxygens (including phenoxy) is 1. The minimum absolute atomic E-state index is 0.123. The van der Waals surface area contributed by atoms with Gasteiger partial charge in [0.1, 0.15) is 0 Å². The zero-order valence-corrected chi connectivity index (χ0v) is 14.1. The minimum Gasteiger partial charge on any atom is -0.469 e. The topological polar surface area (TPSA) is 68.5 Å². The van der Waals surface area contributed by atoms with Crippen molar-refractivity contribution in [2.75, 3.05) is 25.1 Å². The molecule has 1 aliphatic carbocycles. The molecule has 1 saturated heterocycles. The number of fused-ring (bicyclic) bond motifs is 1. The van der Waals surface area contributed by atoms with E-state index < -0.39 is 5.41 Å². The maximum Gasteiger partial charge on any atom is 0.324 e. The highest BCUT2D eigenvalue weighted by atomic mass is 35.5. The van der Waals surface area contributed by atoms with Gasteiger partial charge in [0, 0.05) is 23.7 Å². The fourth-order valence-corrected chi connectivity index (χ4v) is 4.25. The SMILES string of the molecule is COC(=O)C12CCCC1CN(c1nc(-c3cccc(Cl)c3)no1)C2. The maximum atomic E-state index is 12.3. The molecule has 1 aliphatic heterocycles. The first kappa shape index (κ1) is 15.4. The quantitative estimate of drug-likeness (QED) is 0.794. The average Bonchev–Trinajstić information content (AvgIpc) is 3.27. The Balaban J connectivity index is 1.59. The molecule has 2 aromatic rings. The molecule has 1 aromatic carbocycles. The molecule has 0 N–H and O–H groups in total. The standard InChI is InChI=1S/C17H18ClN3O3/c1-23-15(22)17-7-3-5-12(17)9-21(10-17)16-19-14(20-24-16)11-4-2-6-13(18)8-11/h2,4,6,8,12H,3,5,7,9-10H2,1H3. The van der Waals surface area contributed by atoms with Crippen LogP contribution in [0.5, 0.6) is 0 Å². The Kier molecular flexibility index (Phi) is 3.72. The number of benzene rings is 1. The van der Waals surface area contributed by atoms with Crippen LogP contribution in [0, 0.1) is 11.3 Å². The van der Waals surface area contributed by atoms with Crippen molar-refractivity contribution in [3.05, 3.63) is 29.3 Å². The number of aromatic nitrogens is 2. The number of esters is 1. The molecule has 2 aliphatic rings. The van der Waals surface area contributed by atoms with Gasteiger partial charge in [0.05, 0.1) is 12.5 Å². The first-order valence-electron chi connectivity index (χ1n) is 8.05. The second-order valence-electron chi connectivity index (χ2n) is 6.53. The number of anilines is 1. The molecule has 2 fully saturated rings. The summed E-state index contributed by atoms with van der Waals surface area (Å²) in [5.74, 6) is 0.658. The predicted octanol–water partition coefficient (Wildman–Crippen LogP) is 3.17. The lowest BCUT2D eigenvalue weighted by atomic mass is 9.81. The van der Waals surface area contributed by atoms with Gasteiger partial charge in [-0.15, -0.1) is 0 Å². The van der Waals surface area contributed by atoms with E-state index in [0.29, 0.717) is 23.4 Å². The number of carbonyl (C=O) groups excluding carboxylic acids is 1. The van der Waals surface area contributed by atoms with Crippen molar-refractivity contribution in [3.63, 3.8) is 0 Å². The number of methoxy groups -OCH3 is 1. The van der Waals surface area contributed by atoms with Gasteiger partial charge < -0.3 is 14.2 Å². The fourth-order valence-electron chi connectivity index (χ4n) is 4.06. The minimum atomic E-state index is -0.431. The summed E-state index contributed by atoms with van der Waals surface area (Å²) in [5, 5.41) is 4.68. The number of carbonyl (C=O) groups is 1. The highest BCUT2D eigenvalue weighted by Crippen LogP contribution is 2.50. The zero-order chi connectivity index (χ0) is 16.7. The number of nitrogens with zero attached hydrogens (tertiary/aromatic N) is 3. The largest absolute Gasteiger partial charge is 0.469 e. The van der Waals surface area contributed by atoms with Crippen molar-refractivity contribution < 1.29 is 14.1 Å². The molecule has 0 amide bonds. The zero-order valence-electron chi connectivity index (χ0n) is 13.4. The van der Waals surface area contributed by atoms with Gasteiger partial charge in [-0.05, 0) is 30.9 Å². The van der Waals surface area contributed by atoms with Crippen LogP contribution in [0.4, 0.5) is 6.01 Å². The number of rotatable bonds is 3. The average molecular weight is 348 g/mol. The van der Waals surface area contributed by atoms with E-state index in [1.54, 1.807) is 12.1 Å². The van der Waals surface area contributed by atoms with Crippen LogP contribution < -0.4 is 4.90 Å². The molecule has 0 radical (unpaired) electrons. The van der Waals surface area contributed by atoms with E-state index >= 15 is 0 Å². The van der Waals surface area contributed by atoms with Crippen LogP contribution in [0.2, 0.25) is 5.02 Å². The molecule has 1 saturated carbocycles. The van der Waals surface area contributed by atoms with Crippen LogP contribution in [0.25, 0.3) is 11.4 Å². The van der Waals surface area contributed by atoms with E-state index in [9.17, 15) is 4.79 Å². The third-order valence-corrected chi connectivity index (χ3v) is 5.47. The van der Waals surface area contributed by atoms with Crippen molar-refractivity contribution in [1.29, 1.82) is 0 Å². The first-order valence-corrected chi connectivity index (χ1v) is 8.43. The molecule has 1 aromatic heterocycles. The Morgan fingerprint density at radius 3 is 3.17 bits per heavy atom. The van der Waals surface area contributed by atoms with E-state index in [4.69, 9.17) is 20.9 Å². The van der Waals surface area contributed by atoms with Gasteiger partial charge in [0.15, 0.2) is 0 Å². The lowest BCUT2D eigenvalue weighted by Gasteiger charge is -2.24. The van der Waals surface area contributed by atoms with Crippen LogP contribution in [0.15, 0.2) is 28.8 Å². The summed E-state index contributed by atoms with van der Waals surface area (Å²) in [6.07, 6.45) is 2.95. The summed E-state index contributed by atoms with van der Waals surface area (Å²) in [4.78, 5) is 18.8. The molecule has 0 bridgehead atoms. The summed E-state index contributed by atoms with van der Waals surface area (Å²) in [7, 11) is 1.46. The van der Waals surface area contributed by atoms with Crippen LogP contribution in [0.1, 0.15) is 19.3 Å². The highest BCUT2D eigenvalue weighted by molar-refractivity contribution is 6.30. The van der Waals surface area contributed by atoms with Gasteiger partial charge in [-0.1, -0.05) is 35.3 Å². The van der Waals surface area contributed by atoms with Crippen molar-refractivity contribution >= 4 is 23.6 Å². The Morgan fingerprint density at radius 1 is 1.50 bits per heavy atom. The van der Waals surface area contributed by atoms with Gasteiger partial charge in [0.25, 0.3) is 0 Å². The molecule has 2 atom stereocenters. The van der Waals surface area contributed by atoms with E-state index in [1.807, 2.05) is 17.0 Å². The van der Waals surface area contributed by atoms with E-state index in [0.717, 1.165) is 31.4 Å². The molecule has 0 spiro atoms. The molecule has 126 valence electrons. The number of hydrogen-bond acceptors (Lipinski definition) is 6. The van der Waals surface area contributed by atoms with Gasteiger partial charge in [-0.3, -0.25) is 4.79 Å². The summed E-state index contributed by atoms with van der Waals surface area (Å²) in [5.41, 5.74) is 0.374. The second kappa shape index (κ2) is 5.77. The molecule has 2 heterocycles. The van der Waals surface area contributed by atoms with Gasteiger partial charge in [-0.25, -0.2) is 0 Å². The van der Waals surface area contributed by atoms with E-state index in [2.05, 4.69) is 10.1 Å². The molecular weight excluding hydrogens is 330 g/mol. The first-order chi connectivity index (χ1) is 11.6. The van der Waals surface area contributed by atoms with Crippen molar-refractivity contribution in [3.8, 4) is 11.4 Å². The van der Waals surface area contributed by atoms with Gasteiger partial charge in [0.2, 0.25) is 5.82 Å². The fraction of sp³-hybridized carbons (Fsp3) is 0.471. The molecule has 4 rings (SSSR count). The normalized spacial score (nSPS) is 25.8. The Labute approximate surface area is 144 Å². The predicted molar refractivity (Wildman–Crippen MR) is 88.7 cm³/mol. The molecule has 24 heavy (non-hydrogen) atoms. The van der Waals surface area contributed by atoms with Crippen molar-refractivity contribution in [1.82, 2.24) is 10.1 Å². The molecule has 6 nitrogen and oxygen atoms in total. The summed E-state index contributed by atoms with van der Waals surface area (Å²) >= 11 is 6.01. The summed E-state index contributed by atoms with van der Waals surface area (Å²) in [6, 6.07) is 7.77. The number of hydrogen-bond donors (Lipinski definition) is 0. The van der Waals surface area contributed by atoms with Crippen molar-refractivity contribution in [2.24, 2.45) is 11.3 Å².